The van der Waals surface area contributed by atoms with E-state index in [1.807, 2.05) is 0 Å². The Morgan fingerprint density at radius 2 is 2.29 bits per heavy atom. The Bertz CT molecular complexity index is 473. The lowest BCUT2D eigenvalue weighted by molar-refractivity contribution is -0.129. The van der Waals surface area contributed by atoms with Crippen LogP contribution in [0, 0.1) is 0 Å². The Hall–Kier alpha value is -1.95. The molecular formula is C11H13N3O3. The number of nitrogens with zero attached hydrogens (tertiary/aromatic N) is 2. The van der Waals surface area contributed by atoms with Crippen LogP contribution >= 0.6 is 0 Å². The molecule has 0 spiro atoms. The Morgan fingerprint density at radius 3 is 2.94 bits per heavy atom. The molecule has 2 N–H and O–H groups in total. The number of aromatic nitrogens is 1. The number of hydrogen-bond donors (Lipinski definition) is 2. The molecule has 0 atom stereocenters. The van der Waals surface area contributed by atoms with Crippen molar-refractivity contribution in [3.63, 3.8) is 0 Å². The number of rotatable bonds is 1. The fourth-order valence-corrected chi connectivity index (χ4v) is 1.87. The first-order valence-corrected chi connectivity index (χ1v) is 5.29. The SMILES string of the molecule is CC(=O)N1CCc2cc(C(=O)NO)cnc2C1. The van der Waals surface area contributed by atoms with E-state index in [1.165, 1.54) is 13.1 Å². The number of hydrogen-bond acceptors (Lipinski definition) is 4. The van der Waals surface area contributed by atoms with Crippen molar-refractivity contribution in [3.8, 4) is 0 Å². The second kappa shape index (κ2) is 4.50. The molecular weight excluding hydrogens is 222 g/mol. The maximum Gasteiger partial charge on any atom is 0.276 e. The first-order chi connectivity index (χ1) is 8.11. The molecule has 17 heavy (non-hydrogen) atoms. The molecule has 2 amide bonds. The van der Waals surface area contributed by atoms with E-state index in [0.717, 1.165) is 11.3 Å². The van der Waals surface area contributed by atoms with Gasteiger partial charge in [0.25, 0.3) is 5.91 Å². The summed E-state index contributed by atoms with van der Waals surface area (Å²) in [7, 11) is 0. The summed E-state index contributed by atoms with van der Waals surface area (Å²) in [5.74, 6) is -0.552. The van der Waals surface area contributed by atoms with Gasteiger partial charge in [-0.2, -0.15) is 0 Å². The van der Waals surface area contributed by atoms with Crippen LogP contribution in [0.15, 0.2) is 12.3 Å². The maximum absolute atomic E-state index is 11.2. The van der Waals surface area contributed by atoms with Crippen LogP contribution in [0.5, 0.6) is 0 Å². The van der Waals surface area contributed by atoms with Gasteiger partial charge in [-0.15, -0.1) is 0 Å². The number of carbonyl (C=O) groups is 2. The van der Waals surface area contributed by atoms with Gasteiger partial charge in [0.1, 0.15) is 0 Å². The van der Waals surface area contributed by atoms with Crippen LogP contribution in [-0.2, 0) is 17.8 Å². The van der Waals surface area contributed by atoms with Crippen molar-refractivity contribution >= 4 is 11.8 Å². The van der Waals surface area contributed by atoms with Crippen molar-refractivity contribution in [2.75, 3.05) is 6.54 Å². The highest BCUT2D eigenvalue weighted by Gasteiger charge is 2.20. The summed E-state index contributed by atoms with van der Waals surface area (Å²) in [5.41, 5.74) is 3.65. The molecule has 1 aliphatic rings. The van der Waals surface area contributed by atoms with Crippen LogP contribution in [0.4, 0.5) is 0 Å². The highest BCUT2D eigenvalue weighted by molar-refractivity contribution is 5.93. The molecule has 90 valence electrons. The zero-order chi connectivity index (χ0) is 12.4. The summed E-state index contributed by atoms with van der Waals surface area (Å²) >= 11 is 0. The Balaban J connectivity index is 2.25. The van der Waals surface area contributed by atoms with Gasteiger partial charge >= 0.3 is 0 Å². The summed E-state index contributed by atoms with van der Waals surface area (Å²) in [6.07, 6.45) is 2.07. The molecule has 6 nitrogen and oxygen atoms in total. The largest absolute Gasteiger partial charge is 0.337 e. The second-order valence-electron chi connectivity index (χ2n) is 3.96. The number of carbonyl (C=O) groups excluding carboxylic acids is 2. The molecule has 1 aromatic heterocycles. The Morgan fingerprint density at radius 1 is 1.53 bits per heavy atom. The normalized spacial score (nSPS) is 14.1. The van der Waals surface area contributed by atoms with Gasteiger partial charge in [-0.3, -0.25) is 19.8 Å². The van der Waals surface area contributed by atoms with Gasteiger partial charge in [0.05, 0.1) is 17.8 Å². The van der Waals surface area contributed by atoms with E-state index in [2.05, 4.69) is 4.98 Å². The molecule has 0 saturated heterocycles. The topological polar surface area (TPSA) is 82.5 Å². The van der Waals surface area contributed by atoms with Crippen LogP contribution in [0.25, 0.3) is 0 Å². The van der Waals surface area contributed by atoms with E-state index in [0.29, 0.717) is 25.1 Å². The Kier molecular flexibility index (Phi) is 3.06. The van der Waals surface area contributed by atoms with E-state index in [4.69, 9.17) is 5.21 Å². The smallest absolute Gasteiger partial charge is 0.276 e. The average Bonchev–Trinajstić information content (AvgIpc) is 2.36. The quantitative estimate of drug-likeness (QED) is 0.534. The van der Waals surface area contributed by atoms with Gasteiger partial charge in [0, 0.05) is 19.7 Å². The maximum atomic E-state index is 11.2. The fraction of sp³-hybridized carbons (Fsp3) is 0.364. The van der Waals surface area contributed by atoms with Gasteiger partial charge in [-0.05, 0) is 18.1 Å². The zero-order valence-corrected chi connectivity index (χ0v) is 9.43. The highest BCUT2D eigenvalue weighted by atomic mass is 16.5. The summed E-state index contributed by atoms with van der Waals surface area (Å²) in [5, 5.41) is 8.53. The molecule has 0 unspecified atom stereocenters. The van der Waals surface area contributed by atoms with Crippen LogP contribution in [0.3, 0.4) is 0 Å². The summed E-state index contributed by atoms with van der Waals surface area (Å²) < 4.78 is 0. The lowest BCUT2D eigenvalue weighted by atomic mass is 10.0. The van der Waals surface area contributed by atoms with E-state index < -0.39 is 5.91 Å². The molecule has 6 heteroatoms. The predicted octanol–water partition coefficient (Wildman–Crippen LogP) is 0.105. The highest BCUT2D eigenvalue weighted by Crippen LogP contribution is 2.18. The van der Waals surface area contributed by atoms with Crippen molar-refractivity contribution in [1.82, 2.24) is 15.4 Å². The van der Waals surface area contributed by atoms with Crippen molar-refractivity contribution in [2.24, 2.45) is 0 Å². The predicted molar refractivity (Wildman–Crippen MR) is 58.3 cm³/mol. The first-order valence-electron chi connectivity index (χ1n) is 5.29. The minimum absolute atomic E-state index is 0.0228. The standard InChI is InChI=1S/C11H13N3O3/c1-7(15)14-3-2-8-4-9(11(16)13-17)5-12-10(8)6-14/h4-5,17H,2-3,6H2,1H3,(H,13,16). The number of nitrogens with one attached hydrogen (secondary N) is 1. The number of amides is 2. The third kappa shape index (κ3) is 2.26. The summed E-state index contributed by atoms with van der Waals surface area (Å²) in [4.78, 5) is 28.3. The van der Waals surface area contributed by atoms with Crippen molar-refractivity contribution in [1.29, 1.82) is 0 Å². The zero-order valence-electron chi connectivity index (χ0n) is 9.43. The lowest BCUT2D eigenvalue weighted by Gasteiger charge is -2.27. The van der Waals surface area contributed by atoms with Gasteiger partial charge in [0.2, 0.25) is 5.91 Å². The molecule has 0 aromatic carbocycles. The lowest BCUT2D eigenvalue weighted by Crippen LogP contribution is -2.35. The van der Waals surface area contributed by atoms with Gasteiger partial charge < -0.3 is 4.90 Å². The van der Waals surface area contributed by atoms with Crippen molar-refractivity contribution in [2.45, 2.75) is 19.9 Å². The second-order valence-corrected chi connectivity index (χ2v) is 3.96. The third-order valence-corrected chi connectivity index (χ3v) is 2.86. The van der Waals surface area contributed by atoms with Crippen LogP contribution < -0.4 is 5.48 Å². The van der Waals surface area contributed by atoms with Gasteiger partial charge in [-0.1, -0.05) is 0 Å². The van der Waals surface area contributed by atoms with E-state index in [-0.39, 0.29) is 5.91 Å². The summed E-state index contributed by atoms with van der Waals surface area (Å²) in [6.45, 7) is 2.64. The molecule has 0 saturated carbocycles. The first kappa shape index (κ1) is 11.5. The number of fused-ring (bicyclic) bond motifs is 1. The minimum Gasteiger partial charge on any atom is -0.337 e. The number of hydroxylamine groups is 1. The molecule has 0 radical (unpaired) electrons. The molecule has 1 aliphatic heterocycles. The molecule has 0 fully saturated rings. The molecule has 2 heterocycles. The molecule has 0 bridgehead atoms. The average molecular weight is 235 g/mol. The van der Waals surface area contributed by atoms with E-state index in [1.54, 1.807) is 16.4 Å². The molecule has 1 aromatic rings. The van der Waals surface area contributed by atoms with Crippen LogP contribution in [0.2, 0.25) is 0 Å². The number of pyridine rings is 1. The molecule has 2 rings (SSSR count). The van der Waals surface area contributed by atoms with E-state index >= 15 is 0 Å². The van der Waals surface area contributed by atoms with Crippen molar-refractivity contribution < 1.29 is 14.8 Å². The fourth-order valence-electron chi connectivity index (χ4n) is 1.87. The monoisotopic (exact) mass is 235 g/mol. The van der Waals surface area contributed by atoms with Gasteiger partial charge in [-0.25, -0.2) is 5.48 Å². The molecule has 0 aliphatic carbocycles. The van der Waals surface area contributed by atoms with Gasteiger partial charge in [0.15, 0.2) is 0 Å². The minimum atomic E-state index is -0.575. The van der Waals surface area contributed by atoms with Crippen LogP contribution in [0.1, 0.15) is 28.5 Å². The van der Waals surface area contributed by atoms with Crippen LogP contribution in [-0.4, -0.2) is 33.5 Å². The van der Waals surface area contributed by atoms with E-state index in [9.17, 15) is 9.59 Å². The third-order valence-electron chi connectivity index (χ3n) is 2.86. The van der Waals surface area contributed by atoms with Crippen molar-refractivity contribution in [3.05, 3.63) is 29.1 Å². The Labute approximate surface area is 98.2 Å². The summed E-state index contributed by atoms with van der Waals surface area (Å²) in [6, 6.07) is 1.70.